The average Bonchev–Trinajstić information content (AvgIpc) is 2.40. The highest BCUT2D eigenvalue weighted by Gasteiger charge is 2.24. The summed E-state index contributed by atoms with van der Waals surface area (Å²) in [5.41, 5.74) is 2.25. The summed E-state index contributed by atoms with van der Waals surface area (Å²) in [5, 5.41) is 3.32. The molecule has 1 unspecified atom stereocenters. The number of aryl methyl sites for hydroxylation is 1. The van der Waals surface area contributed by atoms with E-state index in [2.05, 4.69) is 5.32 Å². The molecule has 0 amide bonds. The van der Waals surface area contributed by atoms with Crippen molar-refractivity contribution >= 4 is 9.84 Å². The number of benzene rings is 1. The van der Waals surface area contributed by atoms with Gasteiger partial charge in [0.25, 0.3) is 0 Å². The summed E-state index contributed by atoms with van der Waals surface area (Å²) in [6, 6.07) is 7.92. The Morgan fingerprint density at radius 3 is 2.81 bits per heavy atom. The molecule has 0 radical (unpaired) electrons. The van der Waals surface area contributed by atoms with Gasteiger partial charge in [-0.05, 0) is 31.0 Å². The highest BCUT2D eigenvalue weighted by atomic mass is 32.2. The van der Waals surface area contributed by atoms with Crippen molar-refractivity contribution in [3.63, 3.8) is 0 Å². The third-order valence-corrected chi connectivity index (χ3v) is 4.76. The summed E-state index contributed by atoms with van der Waals surface area (Å²) >= 11 is 0. The molecule has 88 valence electrons. The first kappa shape index (κ1) is 11.6. The minimum atomic E-state index is -2.90. The molecule has 1 aliphatic heterocycles. The van der Waals surface area contributed by atoms with Crippen LogP contribution in [0.3, 0.4) is 0 Å². The second kappa shape index (κ2) is 4.55. The average molecular weight is 239 g/mol. The largest absolute Gasteiger partial charge is 0.309 e. The lowest BCUT2D eigenvalue weighted by Gasteiger charge is -2.17. The second-order valence-corrected chi connectivity index (χ2v) is 6.56. The van der Waals surface area contributed by atoms with Gasteiger partial charge >= 0.3 is 0 Å². The molecule has 1 aromatic rings. The predicted molar refractivity (Wildman–Crippen MR) is 65.2 cm³/mol. The molecule has 1 heterocycles. The lowest BCUT2D eigenvalue weighted by atomic mass is 10.0. The number of hydrogen-bond donors (Lipinski definition) is 1. The zero-order valence-corrected chi connectivity index (χ0v) is 10.3. The van der Waals surface area contributed by atoms with E-state index in [1.807, 2.05) is 31.2 Å². The molecular formula is C12H17NO2S. The van der Waals surface area contributed by atoms with Crippen LogP contribution in [0, 0.1) is 6.92 Å². The van der Waals surface area contributed by atoms with E-state index in [9.17, 15) is 8.42 Å². The molecule has 0 spiro atoms. The smallest absolute Gasteiger partial charge is 0.152 e. The van der Waals surface area contributed by atoms with Gasteiger partial charge in [-0.1, -0.05) is 24.3 Å². The number of hydrogen-bond acceptors (Lipinski definition) is 3. The van der Waals surface area contributed by atoms with Gasteiger partial charge in [0.2, 0.25) is 0 Å². The Morgan fingerprint density at radius 2 is 2.06 bits per heavy atom. The normalized spacial score (nSPS) is 24.9. The van der Waals surface area contributed by atoms with E-state index in [4.69, 9.17) is 0 Å². The summed E-state index contributed by atoms with van der Waals surface area (Å²) in [6.45, 7) is 2.80. The Kier molecular flexibility index (Phi) is 3.30. The standard InChI is InChI=1S/C12H17NO2S/c1-10-5-2-3-6-11(10)12-9-16(14,15)8-4-7-13-12/h2-3,5-6,12-13H,4,7-9H2,1H3. The van der Waals surface area contributed by atoms with E-state index in [1.54, 1.807) is 0 Å². The fraction of sp³-hybridized carbons (Fsp3) is 0.500. The van der Waals surface area contributed by atoms with Gasteiger partial charge in [0.05, 0.1) is 11.5 Å². The number of rotatable bonds is 1. The predicted octanol–water partition coefficient (Wildman–Crippen LogP) is 1.44. The first-order valence-electron chi connectivity index (χ1n) is 5.58. The Morgan fingerprint density at radius 1 is 1.31 bits per heavy atom. The molecule has 1 fully saturated rings. The molecule has 4 heteroatoms. The van der Waals surface area contributed by atoms with Crippen molar-refractivity contribution in [2.75, 3.05) is 18.1 Å². The Bertz CT molecular complexity index is 468. The minimum absolute atomic E-state index is 0.0475. The van der Waals surface area contributed by atoms with Crippen LogP contribution in [0.2, 0.25) is 0 Å². The molecule has 1 aromatic carbocycles. The van der Waals surface area contributed by atoms with Crippen LogP contribution in [0.5, 0.6) is 0 Å². The first-order valence-corrected chi connectivity index (χ1v) is 7.40. The quantitative estimate of drug-likeness (QED) is 0.806. The molecule has 3 nitrogen and oxygen atoms in total. The van der Waals surface area contributed by atoms with Gasteiger partial charge in [-0.3, -0.25) is 0 Å². The van der Waals surface area contributed by atoms with E-state index >= 15 is 0 Å². The molecular weight excluding hydrogens is 222 g/mol. The molecule has 0 bridgehead atoms. The first-order chi connectivity index (χ1) is 7.58. The van der Waals surface area contributed by atoms with Crippen LogP contribution < -0.4 is 5.32 Å². The molecule has 1 N–H and O–H groups in total. The van der Waals surface area contributed by atoms with E-state index in [1.165, 1.54) is 0 Å². The van der Waals surface area contributed by atoms with Crippen molar-refractivity contribution in [1.29, 1.82) is 0 Å². The fourth-order valence-corrected chi connectivity index (χ4v) is 3.70. The zero-order chi connectivity index (χ0) is 11.6. The van der Waals surface area contributed by atoms with Crippen molar-refractivity contribution in [2.45, 2.75) is 19.4 Å². The van der Waals surface area contributed by atoms with Crippen molar-refractivity contribution in [2.24, 2.45) is 0 Å². The molecule has 1 aliphatic rings. The molecule has 2 rings (SSSR count). The summed E-state index contributed by atoms with van der Waals surface area (Å²) in [6.07, 6.45) is 0.713. The molecule has 0 saturated carbocycles. The lowest BCUT2D eigenvalue weighted by molar-refractivity contribution is 0.570. The number of sulfone groups is 1. The van der Waals surface area contributed by atoms with Gasteiger partial charge in [-0.2, -0.15) is 0 Å². The van der Waals surface area contributed by atoms with E-state index < -0.39 is 9.84 Å². The van der Waals surface area contributed by atoms with Gasteiger partial charge in [-0.25, -0.2) is 8.42 Å². The minimum Gasteiger partial charge on any atom is -0.309 e. The Labute approximate surface area is 96.8 Å². The summed E-state index contributed by atoms with van der Waals surface area (Å²) in [4.78, 5) is 0. The van der Waals surface area contributed by atoms with Gasteiger partial charge < -0.3 is 5.32 Å². The van der Waals surface area contributed by atoms with E-state index in [-0.39, 0.29) is 11.8 Å². The van der Waals surface area contributed by atoms with Gasteiger partial charge in [0.15, 0.2) is 9.84 Å². The molecule has 1 saturated heterocycles. The zero-order valence-electron chi connectivity index (χ0n) is 9.44. The van der Waals surface area contributed by atoms with Gasteiger partial charge in [-0.15, -0.1) is 0 Å². The summed E-state index contributed by atoms with van der Waals surface area (Å²) < 4.78 is 23.5. The van der Waals surface area contributed by atoms with E-state index in [0.717, 1.165) is 17.7 Å². The highest BCUT2D eigenvalue weighted by molar-refractivity contribution is 7.91. The molecule has 0 aliphatic carbocycles. The van der Waals surface area contributed by atoms with Gasteiger partial charge in [0.1, 0.15) is 0 Å². The maximum absolute atomic E-state index is 11.7. The highest BCUT2D eigenvalue weighted by Crippen LogP contribution is 2.21. The maximum atomic E-state index is 11.7. The fourth-order valence-electron chi connectivity index (χ4n) is 2.14. The van der Waals surface area contributed by atoms with Crippen LogP contribution in [0.1, 0.15) is 23.6 Å². The van der Waals surface area contributed by atoms with Crippen molar-refractivity contribution < 1.29 is 8.42 Å². The third kappa shape index (κ3) is 2.62. The van der Waals surface area contributed by atoms with Crippen LogP contribution in [-0.2, 0) is 9.84 Å². The summed E-state index contributed by atoms with van der Waals surface area (Å²) in [7, 11) is -2.90. The number of nitrogens with one attached hydrogen (secondary N) is 1. The molecule has 1 atom stereocenters. The van der Waals surface area contributed by atoms with Crippen LogP contribution in [0.25, 0.3) is 0 Å². The second-order valence-electron chi connectivity index (χ2n) is 4.33. The maximum Gasteiger partial charge on any atom is 0.152 e. The van der Waals surface area contributed by atoms with Crippen molar-refractivity contribution in [3.8, 4) is 0 Å². The van der Waals surface area contributed by atoms with Crippen LogP contribution >= 0.6 is 0 Å². The summed E-state index contributed by atoms with van der Waals surface area (Å²) in [5.74, 6) is 0.528. The van der Waals surface area contributed by atoms with Crippen LogP contribution in [-0.4, -0.2) is 26.5 Å². The van der Waals surface area contributed by atoms with Crippen molar-refractivity contribution in [1.82, 2.24) is 5.32 Å². The Hall–Kier alpha value is -0.870. The Balaban J connectivity index is 2.30. The third-order valence-electron chi connectivity index (χ3n) is 3.01. The van der Waals surface area contributed by atoms with Crippen molar-refractivity contribution in [3.05, 3.63) is 35.4 Å². The monoisotopic (exact) mass is 239 g/mol. The van der Waals surface area contributed by atoms with Crippen LogP contribution in [0.4, 0.5) is 0 Å². The molecule has 0 aromatic heterocycles. The SMILES string of the molecule is Cc1ccccc1C1CS(=O)(=O)CCCN1. The van der Waals surface area contributed by atoms with Gasteiger partial charge in [0, 0.05) is 6.04 Å². The van der Waals surface area contributed by atoms with E-state index in [0.29, 0.717) is 12.2 Å². The van der Waals surface area contributed by atoms with Crippen LogP contribution in [0.15, 0.2) is 24.3 Å². The topological polar surface area (TPSA) is 46.2 Å². The molecule has 16 heavy (non-hydrogen) atoms. The lowest BCUT2D eigenvalue weighted by Crippen LogP contribution is -2.25.